The topological polar surface area (TPSA) is 83.8 Å². The molecular formula is C19H24ClN5OS. The monoisotopic (exact) mass is 405 g/mol. The first-order chi connectivity index (χ1) is 12.9. The Hall–Kier alpha value is -1.69. The van der Waals surface area contributed by atoms with Gasteiger partial charge in [0.05, 0.1) is 22.7 Å². The molecule has 27 heavy (non-hydrogen) atoms. The zero-order valence-electron chi connectivity index (χ0n) is 15.9. The van der Waals surface area contributed by atoms with Gasteiger partial charge in [0.2, 0.25) is 5.88 Å². The fourth-order valence-corrected chi connectivity index (χ4v) is 4.18. The molecule has 0 aliphatic heterocycles. The first kappa shape index (κ1) is 20.1. The Morgan fingerprint density at radius 1 is 1.48 bits per heavy atom. The summed E-state index contributed by atoms with van der Waals surface area (Å²) >= 11 is 8.10. The van der Waals surface area contributed by atoms with Crippen molar-refractivity contribution in [3.05, 3.63) is 39.6 Å². The van der Waals surface area contributed by atoms with E-state index in [1.165, 1.54) is 12.8 Å². The minimum atomic E-state index is -0.748. The van der Waals surface area contributed by atoms with Crippen molar-refractivity contribution in [2.45, 2.75) is 63.3 Å². The van der Waals surface area contributed by atoms with Crippen molar-refractivity contribution in [2.75, 3.05) is 5.75 Å². The fourth-order valence-electron chi connectivity index (χ4n) is 2.74. The fraction of sp³-hybridized carbons (Fsp3) is 0.579. The molecule has 2 atom stereocenters. The lowest BCUT2D eigenvalue weighted by atomic mass is 9.94. The van der Waals surface area contributed by atoms with Crippen molar-refractivity contribution < 1.29 is 4.74 Å². The predicted octanol–water partition coefficient (Wildman–Crippen LogP) is 6.27. The molecule has 3 rings (SSSR count). The van der Waals surface area contributed by atoms with Crippen LogP contribution in [0.1, 0.15) is 52.1 Å². The van der Waals surface area contributed by atoms with Gasteiger partial charge in [0.15, 0.2) is 0 Å². The van der Waals surface area contributed by atoms with Gasteiger partial charge < -0.3 is 4.74 Å². The molecule has 0 radical (unpaired) electrons. The van der Waals surface area contributed by atoms with Gasteiger partial charge in [-0.15, -0.1) is 0 Å². The summed E-state index contributed by atoms with van der Waals surface area (Å²) in [4.78, 5) is 11.9. The van der Waals surface area contributed by atoms with E-state index in [2.05, 4.69) is 21.9 Å². The minimum absolute atomic E-state index is 0.0326. The zero-order chi connectivity index (χ0) is 19.4. The predicted molar refractivity (Wildman–Crippen MR) is 112 cm³/mol. The maximum Gasteiger partial charge on any atom is 0.223 e. The van der Waals surface area contributed by atoms with Crippen LogP contribution >= 0.6 is 23.4 Å². The van der Waals surface area contributed by atoms with Crippen LogP contribution in [0.5, 0.6) is 5.88 Å². The number of pyridine rings is 2. The Kier molecular flexibility index (Phi) is 6.35. The molecule has 1 aliphatic carbocycles. The molecule has 2 aromatic rings. The molecular weight excluding hydrogens is 382 g/mol. The van der Waals surface area contributed by atoms with Gasteiger partial charge in [-0.05, 0) is 68.3 Å². The van der Waals surface area contributed by atoms with Gasteiger partial charge in [-0.2, -0.15) is 11.8 Å². The lowest BCUT2D eigenvalue weighted by Gasteiger charge is -2.23. The number of aromatic nitrogens is 2. The normalized spacial score (nSPS) is 17.2. The molecule has 0 aromatic carbocycles. The van der Waals surface area contributed by atoms with E-state index in [1.807, 2.05) is 31.7 Å². The van der Waals surface area contributed by atoms with Gasteiger partial charge in [0, 0.05) is 16.4 Å². The number of hydrogen-bond donors (Lipinski definition) is 0. The van der Waals surface area contributed by atoms with Gasteiger partial charge in [0.1, 0.15) is 5.15 Å². The van der Waals surface area contributed by atoms with E-state index >= 15 is 0 Å². The Bertz CT molecular complexity index is 869. The molecule has 0 N–H and O–H groups in total. The van der Waals surface area contributed by atoms with Gasteiger partial charge in [0.25, 0.3) is 0 Å². The highest BCUT2D eigenvalue weighted by Crippen LogP contribution is 2.36. The average Bonchev–Trinajstić information content (AvgIpc) is 3.45. The van der Waals surface area contributed by atoms with Crippen molar-refractivity contribution in [3.63, 3.8) is 0 Å². The van der Waals surface area contributed by atoms with E-state index in [4.69, 9.17) is 26.9 Å². The van der Waals surface area contributed by atoms with E-state index in [0.717, 1.165) is 28.2 Å². The minimum Gasteiger partial charge on any atom is -0.474 e. The van der Waals surface area contributed by atoms with Crippen molar-refractivity contribution in [3.8, 4) is 5.88 Å². The molecule has 1 saturated carbocycles. The number of thioether (sulfide) groups is 1. The number of ether oxygens (including phenoxy) is 1. The first-order valence-electron chi connectivity index (χ1n) is 9.26. The lowest BCUT2D eigenvalue weighted by Crippen LogP contribution is -2.20. The summed E-state index contributed by atoms with van der Waals surface area (Å²) in [7, 11) is 0. The standard InChI is InChI=1S/C19H24ClN5OS/c1-4-19(3,24-25-21)16-9-13-10-17(20)22-11-15(13)18(23-16)26-12(2)7-8-27-14-5-6-14/h9-12,14H,4-8H2,1-3H3/t12?,19-/m1/s1. The quantitative estimate of drug-likeness (QED) is 0.213. The van der Waals surface area contributed by atoms with Crippen molar-refractivity contribution >= 4 is 34.1 Å². The number of azide groups is 1. The van der Waals surface area contributed by atoms with Gasteiger partial charge in [-0.1, -0.05) is 23.6 Å². The highest BCUT2D eigenvalue weighted by Gasteiger charge is 2.27. The Labute approximate surface area is 168 Å². The molecule has 8 heteroatoms. The van der Waals surface area contributed by atoms with E-state index in [1.54, 1.807) is 12.3 Å². The van der Waals surface area contributed by atoms with E-state index in [-0.39, 0.29) is 6.10 Å². The van der Waals surface area contributed by atoms with Crippen LogP contribution in [-0.2, 0) is 5.54 Å². The Morgan fingerprint density at radius 3 is 2.93 bits per heavy atom. The molecule has 1 fully saturated rings. The highest BCUT2D eigenvalue weighted by molar-refractivity contribution is 8.00. The molecule has 1 unspecified atom stereocenters. The van der Waals surface area contributed by atoms with Crippen molar-refractivity contribution in [2.24, 2.45) is 5.11 Å². The molecule has 6 nitrogen and oxygen atoms in total. The van der Waals surface area contributed by atoms with Crippen LogP contribution in [0.4, 0.5) is 0 Å². The van der Waals surface area contributed by atoms with Crippen LogP contribution in [0, 0.1) is 0 Å². The molecule has 0 saturated heterocycles. The number of nitrogens with zero attached hydrogens (tertiary/aromatic N) is 5. The van der Waals surface area contributed by atoms with Crippen LogP contribution in [0.15, 0.2) is 23.4 Å². The zero-order valence-corrected chi connectivity index (χ0v) is 17.4. The van der Waals surface area contributed by atoms with Crippen LogP contribution in [0.25, 0.3) is 21.2 Å². The summed E-state index contributed by atoms with van der Waals surface area (Å²) in [6.07, 6.45) is 5.99. The highest BCUT2D eigenvalue weighted by atomic mass is 35.5. The molecule has 1 aliphatic rings. The van der Waals surface area contributed by atoms with Crippen LogP contribution in [0.3, 0.4) is 0 Å². The lowest BCUT2D eigenvalue weighted by molar-refractivity contribution is 0.211. The SMILES string of the molecule is CC[C@@](C)(N=[N+]=[N-])c1cc2cc(Cl)ncc2c(OC(C)CCSC2CC2)n1. The molecule has 2 aromatic heterocycles. The third-order valence-corrected chi connectivity index (χ3v) is 6.49. The van der Waals surface area contributed by atoms with Crippen LogP contribution in [0.2, 0.25) is 5.15 Å². The van der Waals surface area contributed by atoms with E-state index in [9.17, 15) is 0 Å². The number of fused-ring (bicyclic) bond motifs is 1. The summed E-state index contributed by atoms with van der Waals surface area (Å²) in [5.41, 5.74) is 8.90. The van der Waals surface area contributed by atoms with Gasteiger partial charge in [-0.25, -0.2) is 9.97 Å². The van der Waals surface area contributed by atoms with Crippen molar-refractivity contribution in [1.82, 2.24) is 9.97 Å². The molecule has 2 heterocycles. The molecule has 144 valence electrons. The number of halogens is 1. The van der Waals surface area contributed by atoms with Crippen LogP contribution in [-0.4, -0.2) is 27.1 Å². The maximum atomic E-state index is 8.98. The molecule has 0 bridgehead atoms. The van der Waals surface area contributed by atoms with E-state index in [0.29, 0.717) is 23.1 Å². The average molecular weight is 406 g/mol. The Morgan fingerprint density at radius 2 is 2.26 bits per heavy atom. The largest absolute Gasteiger partial charge is 0.474 e. The second kappa shape index (κ2) is 8.55. The second-order valence-electron chi connectivity index (χ2n) is 7.14. The number of rotatable bonds is 9. The smallest absolute Gasteiger partial charge is 0.223 e. The number of hydrogen-bond acceptors (Lipinski definition) is 5. The second-order valence-corrected chi connectivity index (χ2v) is 8.94. The van der Waals surface area contributed by atoms with Gasteiger partial charge >= 0.3 is 0 Å². The van der Waals surface area contributed by atoms with Gasteiger partial charge in [-0.3, -0.25) is 0 Å². The summed E-state index contributed by atoms with van der Waals surface area (Å²) in [6, 6.07) is 3.69. The Balaban J connectivity index is 1.92. The summed E-state index contributed by atoms with van der Waals surface area (Å²) in [6.45, 7) is 5.91. The van der Waals surface area contributed by atoms with Crippen LogP contribution < -0.4 is 4.74 Å². The molecule has 0 spiro atoms. The third kappa shape index (κ3) is 4.98. The molecule has 0 amide bonds. The first-order valence-corrected chi connectivity index (χ1v) is 10.7. The summed E-state index contributed by atoms with van der Waals surface area (Å²) in [5.74, 6) is 1.60. The third-order valence-electron chi connectivity index (χ3n) is 4.87. The maximum absolute atomic E-state index is 8.98. The summed E-state index contributed by atoms with van der Waals surface area (Å²) in [5, 5.41) is 6.92. The van der Waals surface area contributed by atoms with Crippen molar-refractivity contribution in [1.29, 1.82) is 0 Å². The van der Waals surface area contributed by atoms with E-state index < -0.39 is 5.54 Å². The summed E-state index contributed by atoms with van der Waals surface area (Å²) < 4.78 is 6.19.